The minimum Gasteiger partial charge on any atom is -0.357 e. The number of hydrogen-bond donors (Lipinski definition) is 1. The molecule has 1 atom stereocenters. The van der Waals surface area contributed by atoms with Gasteiger partial charge in [-0.05, 0) is 46.1 Å². The van der Waals surface area contributed by atoms with Gasteiger partial charge in [0.15, 0.2) is 15.8 Å². The maximum absolute atomic E-state index is 12.3. The number of aliphatic imine (C=N–C) groups is 1. The van der Waals surface area contributed by atoms with Crippen molar-refractivity contribution in [2.45, 2.75) is 64.7 Å². The summed E-state index contributed by atoms with van der Waals surface area (Å²) in [6.07, 6.45) is 3.76. The highest BCUT2D eigenvalue weighted by atomic mass is 127. The van der Waals surface area contributed by atoms with Crippen LogP contribution in [0.4, 0.5) is 0 Å². The van der Waals surface area contributed by atoms with Crippen molar-refractivity contribution in [3.63, 3.8) is 0 Å². The van der Waals surface area contributed by atoms with Crippen molar-refractivity contribution >= 4 is 39.8 Å². The summed E-state index contributed by atoms with van der Waals surface area (Å²) in [7, 11) is -3.03. The van der Waals surface area contributed by atoms with Gasteiger partial charge < -0.3 is 10.2 Å². The SMILES string of the molecule is CCNC(=NCC1CCCCN1CC(C)C)N1CCS(=O)(=O)C(C)(C)C1.I. The molecule has 0 spiro atoms. The van der Waals surface area contributed by atoms with Crippen LogP contribution in [0.5, 0.6) is 0 Å². The van der Waals surface area contributed by atoms with Crippen molar-refractivity contribution in [1.29, 1.82) is 0 Å². The smallest absolute Gasteiger partial charge is 0.194 e. The lowest BCUT2D eigenvalue weighted by Gasteiger charge is -2.40. The molecule has 0 bridgehead atoms. The first kappa shape index (κ1) is 24.9. The van der Waals surface area contributed by atoms with Gasteiger partial charge >= 0.3 is 0 Å². The lowest BCUT2D eigenvalue weighted by molar-refractivity contribution is 0.136. The van der Waals surface area contributed by atoms with Crippen LogP contribution >= 0.6 is 24.0 Å². The molecule has 6 nitrogen and oxygen atoms in total. The third kappa shape index (κ3) is 6.73. The molecule has 0 radical (unpaired) electrons. The Hall–Kier alpha value is -0.0900. The summed E-state index contributed by atoms with van der Waals surface area (Å²) in [5.41, 5.74) is 0. The Kier molecular flexibility index (Phi) is 9.81. The summed E-state index contributed by atoms with van der Waals surface area (Å²) in [5.74, 6) is 1.74. The van der Waals surface area contributed by atoms with Gasteiger partial charge in [0, 0.05) is 32.2 Å². The highest BCUT2D eigenvalue weighted by Gasteiger charge is 2.41. The van der Waals surface area contributed by atoms with E-state index in [0.29, 0.717) is 25.0 Å². The van der Waals surface area contributed by atoms with Gasteiger partial charge in [-0.25, -0.2) is 8.42 Å². The Balaban J connectivity index is 0.00000364. The standard InChI is InChI=1S/C19H38N4O2S.HI/c1-6-20-18(23-11-12-26(24,25)19(4,5)15-23)21-13-17-9-7-8-10-22(17)14-16(2)3;/h16-17H,6-15H2,1-5H3,(H,20,21);1H. The summed E-state index contributed by atoms with van der Waals surface area (Å²) in [6, 6.07) is 0.501. The van der Waals surface area contributed by atoms with Crippen molar-refractivity contribution in [2.75, 3.05) is 45.0 Å². The summed E-state index contributed by atoms with van der Waals surface area (Å²) < 4.78 is 23.8. The minimum absolute atomic E-state index is 0. The number of hydrogen-bond acceptors (Lipinski definition) is 4. The molecule has 0 aromatic heterocycles. The molecule has 2 saturated heterocycles. The average molecular weight is 515 g/mol. The Labute approximate surface area is 183 Å². The van der Waals surface area contributed by atoms with Crippen LogP contribution < -0.4 is 5.32 Å². The molecule has 0 amide bonds. The van der Waals surface area contributed by atoms with Crippen LogP contribution in [0.15, 0.2) is 4.99 Å². The third-order valence-electron chi connectivity index (χ3n) is 5.48. The zero-order valence-electron chi connectivity index (χ0n) is 17.7. The fourth-order valence-corrected chi connectivity index (χ4v) is 5.28. The molecule has 0 aromatic carbocycles. The normalized spacial score (nSPS) is 25.9. The van der Waals surface area contributed by atoms with Gasteiger partial charge in [0.05, 0.1) is 17.0 Å². The van der Waals surface area contributed by atoms with Gasteiger partial charge in [0.1, 0.15) is 0 Å². The van der Waals surface area contributed by atoms with Crippen LogP contribution in [-0.4, -0.2) is 80.0 Å². The van der Waals surface area contributed by atoms with Crippen molar-refractivity contribution in [3.05, 3.63) is 0 Å². The number of sulfone groups is 1. The van der Waals surface area contributed by atoms with E-state index < -0.39 is 14.6 Å². The number of piperidine rings is 1. The first-order chi connectivity index (χ1) is 12.2. The van der Waals surface area contributed by atoms with E-state index in [4.69, 9.17) is 4.99 Å². The second kappa shape index (κ2) is 10.6. The quantitative estimate of drug-likeness (QED) is 0.347. The molecule has 27 heavy (non-hydrogen) atoms. The molecule has 2 fully saturated rings. The van der Waals surface area contributed by atoms with E-state index in [1.165, 1.54) is 25.8 Å². The topological polar surface area (TPSA) is 65.0 Å². The highest BCUT2D eigenvalue weighted by Crippen LogP contribution is 2.24. The number of likely N-dealkylation sites (tertiary alicyclic amines) is 1. The van der Waals surface area contributed by atoms with Gasteiger partial charge in [0.25, 0.3) is 0 Å². The van der Waals surface area contributed by atoms with Crippen molar-refractivity contribution in [3.8, 4) is 0 Å². The van der Waals surface area contributed by atoms with E-state index in [1.54, 1.807) is 0 Å². The summed E-state index contributed by atoms with van der Waals surface area (Å²) >= 11 is 0. The van der Waals surface area contributed by atoms with Crippen molar-refractivity contribution in [1.82, 2.24) is 15.1 Å². The highest BCUT2D eigenvalue weighted by molar-refractivity contribution is 14.0. The Morgan fingerprint density at radius 1 is 1.26 bits per heavy atom. The van der Waals surface area contributed by atoms with Crippen molar-refractivity contribution in [2.24, 2.45) is 10.9 Å². The number of halogens is 1. The van der Waals surface area contributed by atoms with E-state index in [-0.39, 0.29) is 29.7 Å². The Bertz CT molecular complexity index is 593. The Morgan fingerprint density at radius 2 is 1.96 bits per heavy atom. The summed E-state index contributed by atoms with van der Waals surface area (Å²) in [5, 5.41) is 3.38. The zero-order valence-corrected chi connectivity index (χ0v) is 20.8. The molecule has 0 aromatic rings. The predicted octanol–water partition coefficient (Wildman–Crippen LogP) is 2.59. The molecular weight excluding hydrogens is 475 g/mol. The van der Waals surface area contributed by atoms with Crippen LogP contribution in [0, 0.1) is 5.92 Å². The lowest BCUT2D eigenvalue weighted by Crippen LogP contribution is -2.57. The molecule has 0 saturated carbocycles. The average Bonchev–Trinajstić information content (AvgIpc) is 2.55. The molecule has 2 aliphatic heterocycles. The van der Waals surface area contributed by atoms with Gasteiger partial charge in [-0.1, -0.05) is 20.3 Å². The van der Waals surface area contributed by atoms with Crippen molar-refractivity contribution < 1.29 is 8.42 Å². The molecule has 8 heteroatoms. The molecule has 2 rings (SSSR count). The van der Waals surface area contributed by atoms with Gasteiger partial charge in [0.2, 0.25) is 0 Å². The molecule has 1 N–H and O–H groups in total. The van der Waals surface area contributed by atoms with E-state index in [1.807, 2.05) is 13.8 Å². The van der Waals surface area contributed by atoms with Gasteiger partial charge in [-0.15, -0.1) is 24.0 Å². The third-order valence-corrected chi connectivity index (χ3v) is 8.01. The number of rotatable bonds is 5. The molecule has 2 heterocycles. The number of nitrogens with one attached hydrogen (secondary N) is 1. The summed E-state index contributed by atoms with van der Waals surface area (Å²) in [6.45, 7) is 15.2. The maximum atomic E-state index is 12.3. The number of nitrogens with zero attached hydrogens (tertiary/aromatic N) is 3. The molecule has 160 valence electrons. The van der Waals surface area contributed by atoms with E-state index in [9.17, 15) is 8.42 Å². The van der Waals surface area contributed by atoms with Crippen LogP contribution in [0.25, 0.3) is 0 Å². The van der Waals surface area contributed by atoms with Gasteiger partial charge in [-0.3, -0.25) is 9.89 Å². The van der Waals surface area contributed by atoms with Crippen LogP contribution in [-0.2, 0) is 9.84 Å². The van der Waals surface area contributed by atoms with Crippen LogP contribution in [0.3, 0.4) is 0 Å². The Morgan fingerprint density at radius 3 is 2.56 bits per heavy atom. The summed E-state index contributed by atoms with van der Waals surface area (Å²) in [4.78, 5) is 9.64. The minimum atomic E-state index is -3.03. The second-order valence-corrected chi connectivity index (χ2v) is 11.5. The number of guanidine groups is 1. The lowest BCUT2D eigenvalue weighted by atomic mass is 10.0. The van der Waals surface area contributed by atoms with E-state index in [0.717, 1.165) is 25.6 Å². The van der Waals surface area contributed by atoms with Crippen LogP contribution in [0.2, 0.25) is 0 Å². The van der Waals surface area contributed by atoms with E-state index >= 15 is 0 Å². The monoisotopic (exact) mass is 514 g/mol. The second-order valence-electron chi connectivity index (χ2n) is 8.73. The zero-order chi connectivity index (χ0) is 19.4. The fourth-order valence-electron chi connectivity index (χ4n) is 3.92. The van der Waals surface area contributed by atoms with Crippen LogP contribution in [0.1, 0.15) is 53.9 Å². The first-order valence-electron chi connectivity index (χ1n) is 10.2. The molecular formula is C19H39IN4O2S. The molecule has 0 aliphatic carbocycles. The van der Waals surface area contributed by atoms with Gasteiger partial charge in [-0.2, -0.15) is 0 Å². The maximum Gasteiger partial charge on any atom is 0.194 e. The fraction of sp³-hybridized carbons (Fsp3) is 0.947. The van der Waals surface area contributed by atoms with E-state index in [2.05, 4.69) is 35.9 Å². The molecule has 2 aliphatic rings. The molecule has 1 unspecified atom stereocenters. The first-order valence-corrected chi connectivity index (χ1v) is 11.8. The largest absolute Gasteiger partial charge is 0.357 e. The predicted molar refractivity (Wildman–Crippen MR) is 125 cm³/mol.